The summed E-state index contributed by atoms with van der Waals surface area (Å²) in [5, 5.41) is 9.65. The number of Topliss-reactive ketones (excluding diaryl/α,β-unsaturated/α-hetero) is 1. The number of carbonyl (C=O) groups is 2. The summed E-state index contributed by atoms with van der Waals surface area (Å²) in [5.74, 6) is -1.04. The van der Waals surface area contributed by atoms with E-state index in [0.29, 0.717) is 16.8 Å². The van der Waals surface area contributed by atoms with Gasteiger partial charge in [0.25, 0.3) is 0 Å². The molecule has 1 aromatic carbocycles. The third-order valence-corrected chi connectivity index (χ3v) is 4.11. The summed E-state index contributed by atoms with van der Waals surface area (Å²) in [4.78, 5) is 27.7. The Bertz CT molecular complexity index is 963. The number of carbonyl (C=O) groups excluding carboxylic acids is 2. The standard InChI is InChI=1S/C21H19ClN2O3/c1-4-27-21(26)18-13(2)19(24-14(18)3)20(25)16(12-23)11-17(22)10-15-8-6-5-7-9-15/h5-11,24H,4H2,1-3H3/b16-11+,17-10-. The number of nitrogens with zero attached hydrogens (tertiary/aromatic N) is 1. The van der Waals surface area contributed by atoms with Crippen molar-refractivity contribution in [2.75, 3.05) is 6.61 Å². The molecule has 2 rings (SSSR count). The van der Waals surface area contributed by atoms with E-state index in [9.17, 15) is 14.9 Å². The number of allylic oxidation sites excluding steroid dienone is 3. The Balaban J connectivity index is 2.38. The van der Waals surface area contributed by atoms with Gasteiger partial charge in [-0.3, -0.25) is 4.79 Å². The van der Waals surface area contributed by atoms with Gasteiger partial charge < -0.3 is 9.72 Å². The largest absolute Gasteiger partial charge is 0.462 e. The third kappa shape index (κ3) is 4.75. The zero-order valence-electron chi connectivity index (χ0n) is 15.3. The Morgan fingerprint density at radius 2 is 1.93 bits per heavy atom. The van der Waals surface area contributed by atoms with Crippen molar-refractivity contribution in [3.63, 3.8) is 0 Å². The first-order valence-corrected chi connectivity index (χ1v) is 8.71. The average Bonchev–Trinajstić information content (AvgIpc) is 2.94. The molecule has 0 spiro atoms. The molecule has 0 bridgehead atoms. The number of H-pyrrole nitrogens is 1. The molecule has 0 radical (unpaired) electrons. The highest BCUT2D eigenvalue weighted by Gasteiger charge is 2.24. The number of aryl methyl sites for hydroxylation is 1. The Hall–Kier alpha value is -3.10. The number of halogens is 1. The molecule has 1 N–H and O–H groups in total. The monoisotopic (exact) mass is 382 g/mol. The predicted molar refractivity (Wildman–Crippen MR) is 105 cm³/mol. The smallest absolute Gasteiger partial charge is 0.340 e. The number of nitriles is 1. The van der Waals surface area contributed by atoms with Crippen molar-refractivity contribution >= 4 is 29.4 Å². The van der Waals surface area contributed by atoms with Crippen molar-refractivity contribution in [3.05, 3.63) is 75.1 Å². The van der Waals surface area contributed by atoms with Gasteiger partial charge >= 0.3 is 5.97 Å². The quantitative estimate of drug-likeness (QED) is 0.257. The number of ketones is 1. The van der Waals surface area contributed by atoms with E-state index in [1.165, 1.54) is 6.08 Å². The molecule has 27 heavy (non-hydrogen) atoms. The minimum absolute atomic E-state index is 0.132. The molecule has 0 saturated carbocycles. The number of aromatic nitrogens is 1. The van der Waals surface area contributed by atoms with E-state index in [0.717, 1.165) is 5.56 Å². The normalized spacial score (nSPS) is 11.8. The van der Waals surface area contributed by atoms with E-state index in [1.54, 1.807) is 26.8 Å². The van der Waals surface area contributed by atoms with Crippen molar-refractivity contribution in [2.45, 2.75) is 20.8 Å². The lowest BCUT2D eigenvalue weighted by Gasteiger charge is -2.02. The van der Waals surface area contributed by atoms with E-state index in [-0.39, 0.29) is 22.9 Å². The molecule has 0 amide bonds. The summed E-state index contributed by atoms with van der Waals surface area (Å²) in [6.07, 6.45) is 2.97. The maximum absolute atomic E-state index is 12.8. The van der Waals surface area contributed by atoms with Gasteiger partial charge in [0.1, 0.15) is 11.6 Å². The van der Waals surface area contributed by atoms with Crippen LogP contribution < -0.4 is 0 Å². The number of ether oxygens (including phenoxy) is 1. The highest BCUT2D eigenvalue weighted by atomic mass is 35.5. The predicted octanol–water partition coefficient (Wildman–Crippen LogP) is 4.72. The number of hydrogen-bond donors (Lipinski definition) is 1. The molecule has 0 fully saturated rings. The molecule has 1 heterocycles. The van der Waals surface area contributed by atoms with E-state index in [4.69, 9.17) is 16.3 Å². The molecular formula is C21H19ClN2O3. The van der Waals surface area contributed by atoms with Crippen LogP contribution >= 0.6 is 11.6 Å². The first-order chi connectivity index (χ1) is 12.9. The van der Waals surface area contributed by atoms with Crippen LogP contribution in [0.25, 0.3) is 6.08 Å². The summed E-state index contributed by atoms with van der Waals surface area (Å²) >= 11 is 6.19. The lowest BCUT2D eigenvalue weighted by atomic mass is 10.0. The minimum atomic E-state index is -0.534. The Kier molecular flexibility index (Phi) is 6.75. The number of aromatic amines is 1. The molecule has 0 aliphatic rings. The topological polar surface area (TPSA) is 83.0 Å². The van der Waals surface area contributed by atoms with Crippen molar-refractivity contribution in [1.29, 1.82) is 5.26 Å². The van der Waals surface area contributed by atoms with Gasteiger partial charge in [0.15, 0.2) is 0 Å². The molecule has 2 aromatic rings. The molecule has 0 atom stereocenters. The van der Waals surface area contributed by atoms with Crippen molar-refractivity contribution in [3.8, 4) is 6.07 Å². The van der Waals surface area contributed by atoms with E-state index in [1.807, 2.05) is 36.4 Å². The Morgan fingerprint density at radius 1 is 1.26 bits per heavy atom. The highest BCUT2D eigenvalue weighted by molar-refractivity contribution is 6.33. The second kappa shape index (κ2) is 9.02. The second-order valence-corrected chi connectivity index (χ2v) is 6.22. The van der Waals surface area contributed by atoms with Crippen LogP contribution in [0.15, 0.2) is 47.0 Å². The summed E-state index contributed by atoms with van der Waals surface area (Å²) in [6, 6.07) is 11.2. The van der Waals surface area contributed by atoms with Crippen LogP contribution in [0.2, 0.25) is 0 Å². The van der Waals surface area contributed by atoms with Crippen LogP contribution in [0, 0.1) is 25.2 Å². The first-order valence-electron chi connectivity index (χ1n) is 8.34. The number of benzene rings is 1. The van der Waals surface area contributed by atoms with E-state index < -0.39 is 11.8 Å². The molecule has 1 aromatic heterocycles. The van der Waals surface area contributed by atoms with Gasteiger partial charge in [-0.1, -0.05) is 41.9 Å². The average molecular weight is 383 g/mol. The fraction of sp³-hybridized carbons (Fsp3) is 0.190. The molecule has 6 heteroatoms. The third-order valence-electron chi connectivity index (χ3n) is 3.90. The van der Waals surface area contributed by atoms with Gasteiger partial charge in [-0.15, -0.1) is 0 Å². The molecule has 0 aliphatic heterocycles. The maximum atomic E-state index is 12.8. The van der Waals surface area contributed by atoms with E-state index in [2.05, 4.69) is 4.98 Å². The van der Waals surface area contributed by atoms with Gasteiger partial charge in [0.05, 0.1) is 17.9 Å². The SMILES string of the molecule is CCOC(=O)c1c(C)[nH]c(C(=O)/C(C#N)=C/C(Cl)=C/c2ccccc2)c1C. The van der Waals surface area contributed by atoms with Crippen LogP contribution in [0.1, 0.15) is 44.6 Å². The van der Waals surface area contributed by atoms with Crippen molar-refractivity contribution in [1.82, 2.24) is 4.98 Å². The fourth-order valence-corrected chi connectivity index (χ4v) is 2.89. The second-order valence-electron chi connectivity index (χ2n) is 5.78. The van der Waals surface area contributed by atoms with E-state index >= 15 is 0 Å². The van der Waals surface area contributed by atoms with Crippen molar-refractivity contribution in [2.24, 2.45) is 0 Å². The Labute approximate surface area is 162 Å². The molecule has 138 valence electrons. The molecule has 0 aliphatic carbocycles. The molecule has 5 nitrogen and oxygen atoms in total. The Morgan fingerprint density at radius 3 is 2.52 bits per heavy atom. The lowest BCUT2D eigenvalue weighted by molar-refractivity contribution is 0.0525. The minimum Gasteiger partial charge on any atom is -0.462 e. The van der Waals surface area contributed by atoms with Crippen LogP contribution in [-0.2, 0) is 4.74 Å². The number of esters is 1. The van der Waals surface area contributed by atoms with Crippen LogP contribution in [0.5, 0.6) is 0 Å². The van der Waals surface area contributed by atoms with Crippen molar-refractivity contribution < 1.29 is 14.3 Å². The van der Waals surface area contributed by atoms with Gasteiger partial charge in [0, 0.05) is 10.7 Å². The number of rotatable bonds is 6. The van der Waals surface area contributed by atoms with Crippen LogP contribution in [-0.4, -0.2) is 23.3 Å². The van der Waals surface area contributed by atoms with Gasteiger partial charge in [-0.25, -0.2) is 4.79 Å². The summed E-state index contributed by atoms with van der Waals surface area (Å²) in [7, 11) is 0. The van der Waals surface area contributed by atoms with Gasteiger partial charge in [-0.2, -0.15) is 5.26 Å². The number of nitrogens with one attached hydrogen (secondary N) is 1. The molecular weight excluding hydrogens is 364 g/mol. The highest BCUT2D eigenvalue weighted by Crippen LogP contribution is 2.23. The summed E-state index contributed by atoms with van der Waals surface area (Å²) < 4.78 is 5.02. The summed E-state index contributed by atoms with van der Waals surface area (Å²) in [5.41, 5.74) is 2.15. The van der Waals surface area contributed by atoms with Gasteiger partial charge in [0.2, 0.25) is 5.78 Å². The van der Waals surface area contributed by atoms with Crippen LogP contribution in [0.4, 0.5) is 0 Å². The lowest BCUT2D eigenvalue weighted by Crippen LogP contribution is -2.08. The summed E-state index contributed by atoms with van der Waals surface area (Å²) in [6.45, 7) is 5.25. The zero-order valence-corrected chi connectivity index (χ0v) is 16.1. The number of hydrogen-bond acceptors (Lipinski definition) is 4. The maximum Gasteiger partial charge on any atom is 0.340 e. The zero-order chi connectivity index (χ0) is 20.0. The fourth-order valence-electron chi connectivity index (χ4n) is 2.66. The molecule has 0 saturated heterocycles. The first kappa shape index (κ1) is 20.2. The van der Waals surface area contributed by atoms with Gasteiger partial charge in [-0.05, 0) is 44.1 Å². The van der Waals surface area contributed by atoms with Crippen LogP contribution in [0.3, 0.4) is 0 Å². The molecule has 0 unspecified atom stereocenters.